The van der Waals surface area contributed by atoms with Crippen LogP contribution in [0.2, 0.25) is 0 Å². The Morgan fingerprint density at radius 3 is 2.32 bits per heavy atom. The largest absolute Gasteiger partial charge is 0.459 e. The van der Waals surface area contributed by atoms with Gasteiger partial charge in [0.05, 0.1) is 0 Å². The van der Waals surface area contributed by atoms with Gasteiger partial charge >= 0.3 is 5.97 Å². The smallest absolute Gasteiger partial charge is 0.331 e. The molecular formula is C39H56O2. The molecule has 6 rings (SSSR count). The SMILES string of the molecule is C[C@H]1[C@H](C)CC[C@]2(C)CC[C@]3(C)C(=CC[C@@H]4[C@@]5(C)CC[C@H](OC(=O)C=Cc6ccccc6)C(C)(C)[C@H]5CC[C@]43C)[C@@H]12. The topological polar surface area (TPSA) is 26.3 Å². The summed E-state index contributed by atoms with van der Waals surface area (Å²) in [7, 11) is 0. The Labute approximate surface area is 250 Å². The summed E-state index contributed by atoms with van der Waals surface area (Å²) in [6, 6.07) is 10.0. The van der Waals surface area contributed by atoms with Crippen LogP contribution in [0.3, 0.4) is 0 Å². The zero-order valence-corrected chi connectivity index (χ0v) is 27.3. The lowest BCUT2D eigenvalue weighted by molar-refractivity contribution is -0.211. The van der Waals surface area contributed by atoms with Crippen molar-refractivity contribution >= 4 is 12.0 Å². The van der Waals surface area contributed by atoms with Gasteiger partial charge in [0.1, 0.15) is 6.10 Å². The molecule has 5 aliphatic rings. The van der Waals surface area contributed by atoms with E-state index in [1.54, 1.807) is 6.08 Å². The molecule has 224 valence electrons. The molecule has 2 heteroatoms. The fourth-order valence-electron chi connectivity index (χ4n) is 11.9. The molecule has 0 heterocycles. The molecule has 0 aromatic heterocycles. The second-order valence-electron chi connectivity index (χ2n) is 16.8. The van der Waals surface area contributed by atoms with Gasteiger partial charge in [0, 0.05) is 11.5 Å². The molecule has 4 saturated carbocycles. The Bertz CT molecular complexity index is 1230. The van der Waals surface area contributed by atoms with Gasteiger partial charge in [-0.2, -0.15) is 0 Å². The van der Waals surface area contributed by atoms with Crippen LogP contribution in [0.1, 0.15) is 119 Å². The zero-order chi connectivity index (χ0) is 29.4. The number of allylic oxidation sites excluding steroid dienone is 2. The molecule has 0 spiro atoms. The van der Waals surface area contributed by atoms with E-state index in [2.05, 4.69) is 61.5 Å². The molecule has 2 nitrogen and oxygen atoms in total. The number of fused-ring (bicyclic) bond motifs is 7. The van der Waals surface area contributed by atoms with Crippen LogP contribution in [-0.4, -0.2) is 12.1 Å². The van der Waals surface area contributed by atoms with Crippen molar-refractivity contribution in [1.29, 1.82) is 0 Å². The van der Waals surface area contributed by atoms with Crippen molar-refractivity contribution in [2.24, 2.45) is 56.7 Å². The van der Waals surface area contributed by atoms with Crippen LogP contribution in [0.25, 0.3) is 6.08 Å². The maximum absolute atomic E-state index is 13.0. The molecule has 0 unspecified atom stereocenters. The lowest BCUT2D eigenvalue weighted by atomic mass is 9.33. The second kappa shape index (κ2) is 9.85. The van der Waals surface area contributed by atoms with Crippen molar-refractivity contribution in [2.75, 3.05) is 0 Å². The normalized spacial score (nSPS) is 46.9. The van der Waals surface area contributed by atoms with Crippen molar-refractivity contribution < 1.29 is 9.53 Å². The molecule has 0 radical (unpaired) electrons. The third-order valence-electron chi connectivity index (χ3n) is 14.8. The molecule has 5 aliphatic carbocycles. The molecule has 0 saturated heterocycles. The Morgan fingerprint density at radius 2 is 1.59 bits per heavy atom. The van der Waals surface area contributed by atoms with E-state index in [4.69, 9.17) is 4.74 Å². The first kappa shape index (κ1) is 29.3. The quantitative estimate of drug-likeness (QED) is 0.210. The van der Waals surface area contributed by atoms with Gasteiger partial charge in [-0.05, 0) is 121 Å². The average Bonchev–Trinajstić information content (AvgIpc) is 2.93. The summed E-state index contributed by atoms with van der Waals surface area (Å²) >= 11 is 0. The summed E-state index contributed by atoms with van der Waals surface area (Å²) in [5, 5.41) is 0. The first-order chi connectivity index (χ1) is 19.3. The van der Waals surface area contributed by atoms with Crippen LogP contribution in [0, 0.1) is 56.7 Å². The van der Waals surface area contributed by atoms with Crippen molar-refractivity contribution in [3.05, 3.63) is 53.6 Å². The van der Waals surface area contributed by atoms with Gasteiger partial charge in [-0.1, -0.05) is 97.4 Å². The highest BCUT2D eigenvalue weighted by molar-refractivity contribution is 5.87. The lowest BCUT2D eigenvalue weighted by Gasteiger charge is -2.71. The van der Waals surface area contributed by atoms with E-state index in [9.17, 15) is 4.79 Å². The average molecular weight is 557 g/mol. The number of esters is 1. The van der Waals surface area contributed by atoms with E-state index in [0.29, 0.717) is 28.1 Å². The van der Waals surface area contributed by atoms with Crippen LogP contribution >= 0.6 is 0 Å². The summed E-state index contributed by atoms with van der Waals surface area (Å²) in [6.45, 7) is 20.6. The van der Waals surface area contributed by atoms with Crippen molar-refractivity contribution in [2.45, 2.75) is 119 Å². The minimum atomic E-state index is -0.199. The predicted molar refractivity (Wildman–Crippen MR) is 170 cm³/mol. The Morgan fingerprint density at radius 1 is 0.854 bits per heavy atom. The standard InChI is InChI=1S/C39H56O2/c1-26-18-21-36(5)24-25-38(7)29(34(36)27(26)2)15-16-31-37(6)22-20-32(35(3,4)30(37)19-23-39(31,38)8)41-33(40)17-14-28-12-10-9-11-13-28/h9-15,17,26-27,30-32,34H,16,18-25H2,1-8H3/t26-,27+,30-,31-,32+,34-,36-,37+,38-,39-/m1/s1. The van der Waals surface area contributed by atoms with Crippen LogP contribution in [0.4, 0.5) is 0 Å². The minimum Gasteiger partial charge on any atom is -0.459 e. The Balaban J connectivity index is 1.26. The molecule has 0 amide bonds. The number of rotatable bonds is 3. The fraction of sp³-hybridized carbons (Fsp3) is 0.718. The Hall–Kier alpha value is -1.83. The first-order valence-corrected chi connectivity index (χ1v) is 16.9. The van der Waals surface area contributed by atoms with Gasteiger partial charge < -0.3 is 4.74 Å². The molecule has 10 atom stereocenters. The minimum absolute atomic E-state index is 0.0249. The maximum atomic E-state index is 13.0. The summed E-state index contributed by atoms with van der Waals surface area (Å²) in [4.78, 5) is 13.0. The third kappa shape index (κ3) is 4.27. The first-order valence-electron chi connectivity index (χ1n) is 16.9. The number of hydrogen-bond acceptors (Lipinski definition) is 2. The van der Waals surface area contributed by atoms with Crippen LogP contribution in [-0.2, 0) is 9.53 Å². The summed E-state index contributed by atoms with van der Waals surface area (Å²) in [6.07, 6.45) is 17.8. The van der Waals surface area contributed by atoms with Gasteiger partial charge in [0.2, 0.25) is 0 Å². The van der Waals surface area contributed by atoms with Crippen molar-refractivity contribution in [3.8, 4) is 0 Å². The number of carbonyl (C=O) groups is 1. The van der Waals surface area contributed by atoms with E-state index in [0.717, 1.165) is 36.2 Å². The molecule has 0 aliphatic heterocycles. The maximum Gasteiger partial charge on any atom is 0.331 e. The highest BCUT2D eigenvalue weighted by Crippen LogP contribution is 2.75. The highest BCUT2D eigenvalue weighted by Gasteiger charge is 2.68. The Kier molecular flexibility index (Phi) is 7.03. The van der Waals surface area contributed by atoms with Gasteiger partial charge in [0.25, 0.3) is 0 Å². The number of ether oxygens (including phenoxy) is 1. The van der Waals surface area contributed by atoms with Crippen molar-refractivity contribution in [3.63, 3.8) is 0 Å². The van der Waals surface area contributed by atoms with E-state index < -0.39 is 0 Å². The van der Waals surface area contributed by atoms with Gasteiger partial charge in [-0.3, -0.25) is 0 Å². The zero-order valence-electron chi connectivity index (χ0n) is 27.3. The molecular weight excluding hydrogens is 500 g/mol. The molecule has 1 aromatic rings. The van der Waals surface area contributed by atoms with E-state index in [-0.39, 0.29) is 22.9 Å². The molecule has 0 bridgehead atoms. The van der Waals surface area contributed by atoms with E-state index in [1.165, 1.54) is 44.9 Å². The van der Waals surface area contributed by atoms with Crippen molar-refractivity contribution in [1.82, 2.24) is 0 Å². The summed E-state index contributed by atoms with van der Waals surface area (Å²) < 4.78 is 6.24. The van der Waals surface area contributed by atoms with Gasteiger partial charge in [-0.25, -0.2) is 4.79 Å². The number of carbonyl (C=O) groups excluding carboxylic acids is 1. The van der Waals surface area contributed by atoms with Gasteiger partial charge in [0.15, 0.2) is 0 Å². The summed E-state index contributed by atoms with van der Waals surface area (Å²) in [5.74, 6) is 3.43. The van der Waals surface area contributed by atoms with Crippen LogP contribution in [0.5, 0.6) is 0 Å². The molecule has 41 heavy (non-hydrogen) atoms. The predicted octanol–water partition coefficient (Wildman–Crippen LogP) is 10.3. The van der Waals surface area contributed by atoms with Gasteiger partial charge in [-0.15, -0.1) is 0 Å². The summed E-state index contributed by atoms with van der Waals surface area (Å²) in [5.41, 5.74) is 4.25. The number of benzene rings is 1. The second-order valence-corrected chi connectivity index (χ2v) is 16.8. The molecule has 0 N–H and O–H groups in total. The van der Waals surface area contributed by atoms with E-state index in [1.807, 2.05) is 42.0 Å². The lowest BCUT2D eigenvalue weighted by Crippen LogP contribution is -2.65. The van der Waals surface area contributed by atoms with Crippen LogP contribution in [0.15, 0.2) is 48.1 Å². The molecule has 4 fully saturated rings. The fourth-order valence-corrected chi connectivity index (χ4v) is 11.9. The van der Waals surface area contributed by atoms with E-state index >= 15 is 0 Å². The molecule has 1 aromatic carbocycles. The monoisotopic (exact) mass is 556 g/mol. The third-order valence-corrected chi connectivity index (χ3v) is 14.8. The highest BCUT2D eigenvalue weighted by atomic mass is 16.5. The van der Waals surface area contributed by atoms with Crippen LogP contribution < -0.4 is 0 Å². The number of hydrogen-bond donors (Lipinski definition) is 0.